The van der Waals surface area contributed by atoms with E-state index in [1.54, 1.807) is 0 Å². The summed E-state index contributed by atoms with van der Waals surface area (Å²) in [6.07, 6.45) is -0.612. The lowest BCUT2D eigenvalue weighted by atomic mass is 10.2. The normalized spacial score (nSPS) is 11.7. The number of hydrogen-bond donors (Lipinski definition) is 3. The van der Waals surface area contributed by atoms with Crippen molar-refractivity contribution in [2.24, 2.45) is 0 Å². The van der Waals surface area contributed by atoms with E-state index in [4.69, 9.17) is 17.0 Å². The molecule has 0 saturated heterocycles. The van der Waals surface area contributed by atoms with Gasteiger partial charge in [0.2, 0.25) is 0 Å². The Kier molecular flexibility index (Phi) is 6.83. The number of hydrogen-bond acceptors (Lipinski definition) is 3. The SMILES string of the molecule is OC(CNC(=S)Nc1ccccc1)COCc1ccccc1. The minimum atomic E-state index is -0.612. The van der Waals surface area contributed by atoms with E-state index < -0.39 is 6.10 Å². The van der Waals surface area contributed by atoms with Gasteiger partial charge in [0.15, 0.2) is 5.11 Å². The van der Waals surface area contributed by atoms with Crippen LogP contribution in [-0.4, -0.2) is 29.5 Å². The van der Waals surface area contributed by atoms with Crippen molar-refractivity contribution in [2.45, 2.75) is 12.7 Å². The number of aliphatic hydroxyl groups is 1. The quantitative estimate of drug-likeness (QED) is 0.686. The molecular weight excluding hydrogens is 296 g/mol. The Hall–Kier alpha value is -1.95. The fourth-order valence-corrected chi connectivity index (χ4v) is 2.05. The van der Waals surface area contributed by atoms with Gasteiger partial charge in [0.25, 0.3) is 0 Å². The molecule has 0 aliphatic heterocycles. The van der Waals surface area contributed by atoms with Crippen LogP contribution < -0.4 is 10.6 Å². The van der Waals surface area contributed by atoms with Crippen molar-refractivity contribution in [1.29, 1.82) is 0 Å². The van der Waals surface area contributed by atoms with Crippen LogP contribution >= 0.6 is 12.2 Å². The third-order valence-electron chi connectivity index (χ3n) is 2.95. The average molecular weight is 316 g/mol. The fourth-order valence-electron chi connectivity index (χ4n) is 1.85. The molecule has 0 radical (unpaired) electrons. The molecule has 5 heteroatoms. The molecule has 2 rings (SSSR count). The van der Waals surface area contributed by atoms with Crippen molar-refractivity contribution in [3.63, 3.8) is 0 Å². The van der Waals surface area contributed by atoms with Gasteiger partial charge < -0.3 is 20.5 Å². The second kappa shape index (κ2) is 9.15. The van der Waals surface area contributed by atoms with Gasteiger partial charge in [-0.05, 0) is 29.9 Å². The Balaban J connectivity index is 1.61. The van der Waals surface area contributed by atoms with Crippen molar-refractivity contribution in [3.05, 3.63) is 66.2 Å². The zero-order chi connectivity index (χ0) is 15.6. The highest BCUT2D eigenvalue weighted by atomic mass is 32.1. The molecule has 3 N–H and O–H groups in total. The maximum Gasteiger partial charge on any atom is 0.170 e. The molecule has 0 fully saturated rings. The first-order valence-electron chi connectivity index (χ1n) is 7.13. The van der Waals surface area contributed by atoms with E-state index in [0.717, 1.165) is 11.3 Å². The summed E-state index contributed by atoms with van der Waals surface area (Å²) in [5, 5.41) is 16.4. The highest BCUT2D eigenvalue weighted by Gasteiger charge is 2.05. The Morgan fingerprint density at radius 3 is 2.36 bits per heavy atom. The van der Waals surface area contributed by atoms with Crippen molar-refractivity contribution in [3.8, 4) is 0 Å². The highest BCUT2D eigenvalue weighted by Crippen LogP contribution is 2.04. The van der Waals surface area contributed by atoms with E-state index >= 15 is 0 Å². The summed E-state index contributed by atoms with van der Waals surface area (Å²) in [5.74, 6) is 0. The second-order valence-electron chi connectivity index (χ2n) is 4.86. The molecule has 0 heterocycles. The van der Waals surface area contributed by atoms with E-state index in [1.165, 1.54) is 0 Å². The van der Waals surface area contributed by atoms with Gasteiger partial charge in [0.05, 0.1) is 19.3 Å². The summed E-state index contributed by atoms with van der Waals surface area (Å²) in [6.45, 7) is 1.09. The molecule has 1 unspecified atom stereocenters. The lowest BCUT2D eigenvalue weighted by Gasteiger charge is -2.15. The molecule has 0 aliphatic carbocycles. The van der Waals surface area contributed by atoms with Gasteiger partial charge in [-0.1, -0.05) is 48.5 Å². The van der Waals surface area contributed by atoms with Gasteiger partial charge in [-0.25, -0.2) is 0 Å². The molecule has 2 aromatic carbocycles. The molecule has 22 heavy (non-hydrogen) atoms. The predicted octanol–water partition coefficient (Wildman–Crippen LogP) is 2.55. The number of rotatable bonds is 7. The molecule has 2 aromatic rings. The smallest absolute Gasteiger partial charge is 0.170 e. The zero-order valence-electron chi connectivity index (χ0n) is 12.2. The minimum absolute atomic E-state index is 0.260. The second-order valence-corrected chi connectivity index (χ2v) is 5.26. The number of para-hydroxylation sites is 1. The Labute approximate surface area is 136 Å². The summed E-state index contributed by atoms with van der Waals surface area (Å²) in [7, 11) is 0. The van der Waals surface area contributed by atoms with Crippen LogP contribution in [0.25, 0.3) is 0 Å². The lowest BCUT2D eigenvalue weighted by molar-refractivity contribution is 0.0310. The Morgan fingerprint density at radius 2 is 1.68 bits per heavy atom. The maximum atomic E-state index is 9.87. The molecule has 0 amide bonds. The number of anilines is 1. The van der Waals surface area contributed by atoms with Gasteiger partial charge in [0.1, 0.15) is 0 Å². The summed E-state index contributed by atoms with van der Waals surface area (Å²) in [6, 6.07) is 19.5. The number of benzene rings is 2. The summed E-state index contributed by atoms with van der Waals surface area (Å²) >= 11 is 5.17. The maximum absolute atomic E-state index is 9.87. The van der Waals surface area contributed by atoms with Crippen LogP contribution in [0.2, 0.25) is 0 Å². The first-order chi connectivity index (χ1) is 10.7. The topological polar surface area (TPSA) is 53.5 Å². The molecule has 116 valence electrons. The van der Waals surface area contributed by atoms with Crippen molar-refractivity contribution in [1.82, 2.24) is 5.32 Å². The van der Waals surface area contributed by atoms with Crippen LogP contribution in [0.5, 0.6) is 0 Å². The first-order valence-corrected chi connectivity index (χ1v) is 7.54. The highest BCUT2D eigenvalue weighted by molar-refractivity contribution is 7.80. The molecular formula is C17H20N2O2S. The third-order valence-corrected chi connectivity index (χ3v) is 3.20. The molecule has 0 saturated carbocycles. The Bertz CT molecular complexity index is 563. The van der Waals surface area contributed by atoms with E-state index in [1.807, 2.05) is 60.7 Å². The number of nitrogens with one attached hydrogen (secondary N) is 2. The van der Waals surface area contributed by atoms with E-state index in [0.29, 0.717) is 18.3 Å². The Morgan fingerprint density at radius 1 is 1.05 bits per heavy atom. The fraction of sp³-hybridized carbons (Fsp3) is 0.235. The number of aliphatic hydroxyl groups excluding tert-OH is 1. The number of ether oxygens (including phenoxy) is 1. The van der Waals surface area contributed by atoms with Gasteiger partial charge in [-0.3, -0.25) is 0 Å². The van der Waals surface area contributed by atoms with Crippen LogP contribution in [0.15, 0.2) is 60.7 Å². The van der Waals surface area contributed by atoms with Crippen molar-refractivity contribution < 1.29 is 9.84 Å². The zero-order valence-corrected chi connectivity index (χ0v) is 13.1. The molecule has 1 atom stereocenters. The van der Waals surface area contributed by atoms with Gasteiger partial charge >= 0.3 is 0 Å². The molecule has 4 nitrogen and oxygen atoms in total. The van der Waals surface area contributed by atoms with E-state index in [2.05, 4.69) is 10.6 Å². The molecule has 0 bridgehead atoms. The van der Waals surface area contributed by atoms with Gasteiger partial charge in [0, 0.05) is 12.2 Å². The molecule has 0 spiro atoms. The summed E-state index contributed by atoms with van der Waals surface area (Å²) in [4.78, 5) is 0. The summed E-state index contributed by atoms with van der Waals surface area (Å²) in [5.41, 5.74) is 2.00. The van der Waals surface area contributed by atoms with Crippen LogP contribution in [-0.2, 0) is 11.3 Å². The summed E-state index contributed by atoms with van der Waals surface area (Å²) < 4.78 is 5.48. The third kappa shape index (κ3) is 6.22. The van der Waals surface area contributed by atoms with Crippen LogP contribution in [0.3, 0.4) is 0 Å². The first kappa shape index (κ1) is 16.4. The van der Waals surface area contributed by atoms with Crippen LogP contribution in [0.1, 0.15) is 5.56 Å². The number of thiocarbonyl (C=S) groups is 1. The van der Waals surface area contributed by atoms with Crippen LogP contribution in [0, 0.1) is 0 Å². The monoisotopic (exact) mass is 316 g/mol. The molecule has 0 aromatic heterocycles. The largest absolute Gasteiger partial charge is 0.389 e. The standard InChI is InChI=1S/C17H20N2O2S/c20-16(13-21-12-14-7-3-1-4-8-14)11-18-17(22)19-15-9-5-2-6-10-15/h1-10,16,20H,11-13H2,(H2,18,19,22). The van der Waals surface area contributed by atoms with Crippen molar-refractivity contribution >= 4 is 23.0 Å². The molecule has 0 aliphatic rings. The lowest BCUT2D eigenvalue weighted by Crippen LogP contribution is -2.36. The van der Waals surface area contributed by atoms with Crippen LogP contribution in [0.4, 0.5) is 5.69 Å². The van der Waals surface area contributed by atoms with E-state index in [-0.39, 0.29) is 6.61 Å². The van der Waals surface area contributed by atoms with Crippen molar-refractivity contribution in [2.75, 3.05) is 18.5 Å². The van der Waals surface area contributed by atoms with Gasteiger partial charge in [-0.15, -0.1) is 0 Å². The van der Waals surface area contributed by atoms with Gasteiger partial charge in [-0.2, -0.15) is 0 Å². The predicted molar refractivity (Wildman–Crippen MR) is 92.8 cm³/mol. The van der Waals surface area contributed by atoms with E-state index in [9.17, 15) is 5.11 Å². The minimum Gasteiger partial charge on any atom is -0.389 e. The average Bonchev–Trinajstić information content (AvgIpc) is 2.55.